The van der Waals surface area contributed by atoms with E-state index in [1.54, 1.807) is 43.5 Å². The van der Waals surface area contributed by atoms with Gasteiger partial charge in [0, 0.05) is 5.02 Å². The van der Waals surface area contributed by atoms with Crippen molar-refractivity contribution in [2.45, 2.75) is 10.1 Å². The molecule has 2 aromatic carbocycles. The fourth-order valence-corrected chi connectivity index (χ4v) is 3.92. The standard InChI is InChI=1S/C15H16ClNO3S/c1-20-13-4-2-3-11(9-13)15(10-17)21(18,19)14-7-5-12(16)6-8-14/h2-9,15H,10,17H2,1H3/p+1/t15-/m0/s1. The SMILES string of the molecule is COc1cccc([C@H](C[NH3+])S(=O)(=O)c2ccc(Cl)cc2)c1. The highest BCUT2D eigenvalue weighted by Crippen LogP contribution is 2.30. The lowest BCUT2D eigenvalue weighted by molar-refractivity contribution is -0.367. The van der Waals surface area contributed by atoms with E-state index in [1.807, 2.05) is 0 Å². The van der Waals surface area contributed by atoms with E-state index in [4.69, 9.17) is 16.3 Å². The van der Waals surface area contributed by atoms with Gasteiger partial charge in [0.05, 0.1) is 18.6 Å². The molecular weight excluding hydrogens is 310 g/mol. The fourth-order valence-electron chi connectivity index (χ4n) is 2.13. The molecule has 6 heteroatoms. The largest absolute Gasteiger partial charge is 0.497 e. The number of benzene rings is 2. The van der Waals surface area contributed by atoms with E-state index in [0.717, 1.165) is 0 Å². The molecule has 0 amide bonds. The minimum atomic E-state index is -3.52. The van der Waals surface area contributed by atoms with Gasteiger partial charge in [-0.05, 0) is 42.0 Å². The van der Waals surface area contributed by atoms with Gasteiger partial charge in [0.1, 0.15) is 11.0 Å². The third-order valence-electron chi connectivity index (χ3n) is 3.24. The van der Waals surface area contributed by atoms with E-state index in [0.29, 0.717) is 16.3 Å². The fraction of sp³-hybridized carbons (Fsp3) is 0.200. The maximum atomic E-state index is 12.8. The minimum Gasteiger partial charge on any atom is -0.497 e. The molecule has 0 saturated heterocycles. The van der Waals surface area contributed by atoms with Crippen LogP contribution in [0.4, 0.5) is 0 Å². The zero-order valence-corrected chi connectivity index (χ0v) is 13.2. The molecule has 0 bridgehead atoms. The zero-order chi connectivity index (χ0) is 15.5. The van der Waals surface area contributed by atoms with Crippen LogP contribution in [0.3, 0.4) is 0 Å². The third-order valence-corrected chi connectivity index (χ3v) is 5.68. The molecule has 4 nitrogen and oxygen atoms in total. The van der Waals surface area contributed by atoms with Crippen LogP contribution in [0.25, 0.3) is 0 Å². The number of halogens is 1. The molecule has 2 aromatic rings. The Morgan fingerprint density at radius 2 is 1.86 bits per heavy atom. The van der Waals surface area contributed by atoms with Crippen molar-refractivity contribution in [1.29, 1.82) is 0 Å². The molecule has 0 radical (unpaired) electrons. The highest BCUT2D eigenvalue weighted by atomic mass is 35.5. The molecule has 0 aromatic heterocycles. The maximum Gasteiger partial charge on any atom is 0.190 e. The van der Waals surface area contributed by atoms with Crippen LogP contribution in [-0.2, 0) is 9.84 Å². The van der Waals surface area contributed by atoms with Gasteiger partial charge in [-0.3, -0.25) is 0 Å². The molecule has 3 N–H and O–H groups in total. The first-order valence-corrected chi connectivity index (χ1v) is 8.34. The average Bonchev–Trinajstić information content (AvgIpc) is 2.48. The van der Waals surface area contributed by atoms with E-state index in [1.165, 1.54) is 12.1 Å². The molecule has 0 aliphatic heterocycles. The van der Waals surface area contributed by atoms with Crippen LogP contribution in [0.1, 0.15) is 10.8 Å². The second-order valence-corrected chi connectivity index (χ2v) is 7.12. The Hall–Kier alpha value is -1.56. The average molecular weight is 327 g/mol. The van der Waals surface area contributed by atoms with Crippen molar-refractivity contribution < 1.29 is 18.9 Å². The zero-order valence-electron chi connectivity index (χ0n) is 11.6. The Morgan fingerprint density at radius 3 is 2.43 bits per heavy atom. The Balaban J connectivity index is 2.46. The summed E-state index contributed by atoms with van der Waals surface area (Å²) in [6.45, 7) is 0.234. The van der Waals surface area contributed by atoms with Gasteiger partial charge in [-0.1, -0.05) is 23.7 Å². The molecule has 1 atom stereocenters. The summed E-state index contributed by atoms with van der Waals surface area (Å²) in [4.78, 5) is 0.239. The Labute approximate surface area is 129 Å². The lowest BCUT2D eigenvalue weighted by Gasteiger charge is -2.15. The quantitative estimate of drug-likeness (QED) is 0.914. The minimum absolute atomic E-state index is 0.234. The summed E-state index contributed by atoms with van der Waals surface area (Å²) >= 11 is 5.81. The summed E-state index contributed by atoms with van der Waals surface area (Å²) in [5, 5.41) is -0.213. The van der Waals surface area contributed by atoms with Gasteiger partial charge in [0.25, 0.3) is 0 Å². The topological polar surface area (TPSA) is 71.0 Å². The normalized spacial score (nSPS) is 12.9. The predicted octanol–water partition coefficient (Wildman–Crippen LogP) is 2.11. The smallest absolute Gasteiger partial charge is 0.190 e. The van der Waals surface area contributed by atoms with Crippen molar-refractivity contribution in [1.82, 2.24) is 0 Å². The first kappa shape index (κ1) is 15.8. The number of sulfone groups is 1. The van der Waals surface area contributed by atoms with Crippen molar-refractivity contribution >= 4 is 21.4 Å². The molecule has 0 aliphatic carbocycles. The Bertz CT molecular complexity index is 714. The molecule has 21 heavy (non-hydrogen) atoms. The van der Waals surface area contributed by atoms with Gasteiger partial charge in [0.15, 0.2) is 9.84 Å². The highest BCUT2D eigenvalue weighted by Gasteiger charge is 2.29. The van der Waals surface area contributed by atoms with Crippen molar-refractivity contribution in [3.8, 4) is 5.75 Å². The van der Waals surface area contributed by atoms with E-state index >= 15 is 0 Å². The maximum absolute atomic E-state index is 12.8. The summed E-state index contributed by atoms with van der Waals surface area (Å²) in [6, 6.07) is 13.2. The number of methoxy groups -OCH3 is 1. The monoisotopic (exact) mass is 326 g/mol. The van der Waals surface area contributed by atoms with Crippen molar-refractivity contribution in [3.05, 3.63) is 59.1 Å². The van der Waals surface area contributed by atoms with Crippen LogP contribution in [0.2, 0.25) is 5.02 Å². The van der Waals surface area contributed by atoms with Gasteiger partial charge < -0.3 is 10.5 Å². The highest BCUT2D eigenvalue weighted by molar-refractivity contribution is 7.91. The van der Waals surface area contributed by atoms with Gasteiger partial charge in [0.2, 0.25) is 0 Å². The molecule has 0 fully saturated rings. The lowest BCUT2D eigenvalue weighted by Crippen LogP contribution is -2.54. The Morgan fingerprint density at radius 1 is 1.19 bits per heavy atom. The van der Waals surface area contributed by atoms with E-state index < -0.39 is 15.1 Å². The molecule has 2 rings (SSSR count). The van der Waals surface area contributed by atoms with Crippen LogP contribution in [0.15, 0.2) is 53.4 Å². The summed E-state index contributed by atoms with van der Waals surface area (Å²) in [7, 11) is -1.97. The molecule has 0 saturated carbocycles. The second-order valence-electron chi connectivity index (χ2n) is 4.55. The summed E-state index contributed by atoms with van der Waals surface area (Å²) in [5.41, 5.74) is 4.45. The van der Waals surface area contributed by atoms with Crippen molar-refractivity contribution in [3.63, 3.8) is 0 Å². The first-order chi connectivity index (χ1) is 9.98. The first-order valence-electron chi connectivity index (χ1n) is 6.41. The van der Waals surface area contributed by atoms with Crippen LogP contribution in [-0.4, -0.2) is 22.1 Å². The van der Waals surface area contributed by atoms with E-state index in [2.05, 4.69) is 5.73 Å². The summed E-state index contributed by atoms with van der Waals surface area (Å²) in [6.07, 6.45) is 0. The van der Waals surface area contributed by atoms with Crippen LogP contribution in [0, 0.1) is 0 Å². The van der Waals surface area contributed by atoms with Crippen molar-refractivity contribution in [2.75, 3.05) is 13.7 Å². The molecule has 112 valence electrons. The molecule has 0 heterocycles. The molecule has 0 unspecified atom stereocenters. The number of ether oxygens (including phenoxy) is 1. The van der Waals surface area contributed by atoms with E-state index in [9.17, 15) is 8.42 Å². The third kappa shape index (κ3) is 3.37. The summed E-state index contributed by atoms with van der Waals surface area (Å²) < 4.78 is 30.7. The number of hydrogen-bond donors (Lipinski definition) is 1. The second kappa shape index (κ2) is 6.47. The van der Waals surface area contributed by atoms with Gasteiger partial charge in [-0.2, -0.15) is 0 Å². The number of quaternary nitrogens is 1. The van der Waals surface area contributed by atoms with Crippen LogP contribution < -0.4 is 10.5 Å². The molecule has 0 spiro atoms. The Kier molecular flexibility index (Phi) is 4.88. The van der Waals surface area contributed by atoms with Gasteiger partial charge >= 0.3 is 0 Å². The van der Waals surface area contributed by atoms with Crippen LogP contribution >= 0.6 is 11.6 Å². The lowest BCUT2D eigenvalue weighted by atomic mass is 10.1. The number of hydrogen-bond acceptors (Lipinski definition) is 3. The van der Waals surface area contributed by atoms with Crippen LogP contribution in [0.5, 0.6) is 5.75 Å². The number of rotatable bonds is 5. The molecular formula is C15H17ClNO3S+. The predicted molar refractivity (Wildman–Crippen MR) is 82.1 cm³/mol. The molecule has 0 aliphatic rings. The van der Waals surface area contributed by atoms with Crippen molar-refractivity contribution in [2.24, 2.45) is 0 Å². The van der Waals surface area contributed by atoms with Gasteiger partial charge in [-0.15, -0.1) is 0 Å². The van der Waals surface area contributed by atoms with E-state index in [-0.39, 0.29) is 11.4 Å². The summed E-state index contributed by atoms with van der Waals surface area (Å²) in [5.74, 6) is 0.622. The van der Waals surface area contributed by atoms with Gasteiger partial charge in [-0.25, -0.2) is 8.42 Å².